The SMILES string of the molecule is CC(Cc1ccccc1F)NCc1cncs1. The van der Waals surface area contributed by atoms with Crippen molar-refractivity contribution in [2.24, 2.45) is 0 Å². The number of halogens is 1. The van der Waals surface area contributed by atoms with E-state index in [0.29, 0.717) is 6.42 Å². The average molecular weight is 250 g/mol. The summed E-state index contributed by atoms with van der Waals surface area (Å²) < 4.78 is 13.4. The summed E-state index contributed by atoms with van der Waals surface area (Å²) in [7, 11) is 0. The first-order valence-corrected chi connectivity index (χ1v) is 6.48. The predicted molar refractivity (Wildman–Crippen MR) is 68.5 cm³/mol. The van der Waals surface area contributed by atoms with E-state index in [9.17, 15) is 4.39 Å². The molecule has 0 amide bonds. The van der Waals surface area contributed by atoms with Gasteiger partial charge in [-0.3, -0.25) is 4.98 Å². The predicted octanol–water partition coefficient (Wildman–Crippen LogP) is 3.00. The van der Waals surface area contributed by atoms with Crippen LogP contribution in [-0.4, -0.2) is 11.0 Å². The lowest BCUT2D eigenvalue weighted by Crippen LogP contribution is -2.27. The average Bonchev–Trinajstić information content (AvgIpc) is 2.82. The molecule has 4 heteroatoms. The Labute approximate surface area is 105 Å². The van der Waals surface area contributed by atoms with Gasteiger partial charge in [-0.1, -0.05) is 18.2 Å². The number of benzene rings is 1. The zero-order valence-corrected chi connectivity index (χ0v) is 10.5. The molecule has 0 aliphatic rings. The van der Waals surface area contributed by atoms with Gasteiger partial charge < -0.3 is 5.32 Å². The molecule has 1 N–H and O–H groups in total. The smallest absolute Gasteiger partial charge is 0.126 e. The van der Waals surface area contributed by atoms with Gasteiger partial charge in [0.25, 0.3) is 0 Å². The molecule has 2 rings (SSSR count). The second-order valence-electron chi connectivity index (χ2n) is 4.05. The normalized spacial score (nSPS) is 12.6. The van der Waals surface area contributed by atoms with Gasteiger partial charge in [0, 0.05) is 23.7 Å². The first kappa shape index (κ1) is 12.2. The molecule has 0 aliphatic carbocycles. The highest BCUT2D eigenvalue weighted by molar-refractivity contribution is 7.09. The van der Waals surface area contributed by atoms with Gasteiger partial charge in [0.2, 0.25) is 0 Å². The maximum absolute atomic E-state index is 13.4. The summed E-state index contributed by atoms with van der Waals surface area (Å²) in [5.41, 5.74) is 2.58. The largest absolute Gasteiger partial charge is 0.309 e. The number of nitrogens with one attached hydrogen (secondary N) is 1. The highest BCUT2D eigenvalue weighted by Gasteiger charge is 2.07. The van der Waals surface area contributed by atoms with E-state index in [-0.39, 0.29) is 11.9 Å². The Kier molecular flexibility index (Phi) is 4.23. The van der Waals surface area contributed by atoms with Crippen LogP contribution in [0.25, 0.3) is 0 Å². The maximum Gasteiger partial charge on any atom is 0.126 e. The molecule has 0 fully saturated rings. The Morgan fingerprint density at radius 1 is 1.41 bits per heavy atom. The van der Waals surface area contributed by atoms with Crippen LogP contribution >= 0.6 is 11.3 Å². The van der Waals surface area contributed by atoms with Crippen LogP contribution in [-0.2, 0) is 13.0 Å². The van der Waals surface area contributed by atoms with Crippen molar-refractivity contribution in [1.82, 2.24) is 10.3 Å². The minimum absolute atomic E-state index is 0.126. The zero-order chi connectivity index (χ0) is 12.1. The highest BCUT2D eigenvalue weighted by atomic mass is 32.1. The van der Waals surface area contributed by atoms with Crippen LogP contribution in [0.3, 0.4) is 0 Å². The van der Waals surface area contributed by atoms with Gasteiger partial charge in [-0.05, 0) is 25.0 Å². The van der Waals surface area contributed by atoms with Crippen LogP contribution < -0.4 is 5.32 Å². The molecule has 1 heterocycles. The molecule has 0 saturated carbocycles. The van der Waals surface area contributed by atoms with E-state index in [1.807, 2.05) is 23.8 Å². The van der Waals surface area contributed by atoms with E-state index in [1.54, 1.807) is 17.4 Å². The summed E-state index contributed by atoms with van der Waals surface area (Å²) in [5.74, 6) is -0.126. The van der Waals surface area contributed by atoms with Crippen molar-refractivity contribution in [2.75, 3.05) is 0 Å². The molecular formula is C13H15FN2S. The topological polar surface area (TPSA) is 24.9 Å². The summed E-state index contributed by atoms with van der Waals surface area (Å²) in [5, 5.41) is 3.36. The second-order valence-corrected chi connectivity index (χ2v) is 5.02. The summed E-state index contributed by atoms with van der Waals surface area (Å²) in [6.45, 7) is 2.85. The number of thiazole rings is 1. The van der Waals surface area contributed by atoms with E-state index in [2.05, 4.69) is 17.2 Å². The van der Waals surface area contributed by atoms with Crippen LogP contribution in [0.4, 0.5) is 4.39 Å². The third kappa shape index (κ3) is 3.61. The van der Waals surface area contributed by atoms with Gasteiger partial charge >= 0.3 is 0 Å². The Morgan fingerprint density at radius 3 is 2.94 bits per heavy atom. The van der Waals surface area contributed by atoms with E-state index in [0.717, 1.165) is 12.1 Å². The number of aromatic nitrogens is 1. The zero-order valence-electron chi connectivity index (χ0n) is 9.69. The van der Waals surface area contributed by atoms with Crippen LogP contribution in [0.15, 0.2) is 36.0 Å². The van der Waals surface area contributed by atoms with Gasteiger partial charge in [-0.25, -0.2) is 4.39 Å². The molecule has 0 bridgehead atoms. The fourth-order valence-corrected chi connectivity index (χ4v) is 2.22. The van der Waals surface area contributed by atoms with Gasteiger partial charge in [-0.15, -0.1) is 11.3 Å². The van der Waals surface area contributed by atoms with Gasteiger partial charge in [0.05, 0.1) is 5.51 Å². The first-order valence-electron chi connectivity index (χ1n) is 5.60. The van der Waals surface area contributed by atoms with E-state index in [4.69, 9.17) is 0 Å². The lowest BCUT2D eigenvalue weighted by molar-refractivity contribution is 0.528. The van der Waals surface area contributed by atoms with E-state index < -0.39 is 0 Å². The molecule has 0 radical (unpaired) electrons. The number of hydrogen-bond donors (Lipinski definition) is 1. The quantitative estimate of drug-likeness (QED) is 0.882. The van der Waals surface area contributed by atoms with E-state index >= 15 is 0 Å². The number of nitrogens with zero attached hydrogens (tertiary/aromatic N) is 1. The molecule has 0 aliphatic heterocycles. The molecule has 17 heavy (non-hydrogen) atoms. The molecule has 2 aromatic rings. The van der Waals surface area contributed by atoms with Crippen LogP contribution in [0.2, 0.25) is 0 Å². The fourth-order valence-electron chi connectivity index (χ4n) is 1.67. The Morgan fingerprint density at radius 2 is 2.24 bits per heavy atom. The van der Waals surface area contributed by atoms with Gasteiger partial charge in [-0.2, -0.15) is 0 Å². The minimum Gasteiger partial charge on any atom is -0.309 e. The summed E-state index contributed by atoms with van der Waals surface area (Å²) in [6.07, 6.45) is 2.55. The lowest BCUT2D eigenvalue weighted by Gasteiger charge is -2.13. The molecule has 90 valence electrons. The van der Waals surface area contributed by atoms with Crippen molar-refractivity contribution in [3.63, 3.8) is 0 Å². The molecule has 0 saturated heterocycles. The summed E-state index contributed by atoms with van der Waals surface area (Å²) in [6, 6.07) is 7.17. The molecule has 1 atom stereocenters. The molecule has 0 spiro atoms. The third-order valence-electron chi connectivity index (χ3n) is 2.59. The molecule has 2 nitrogen and oxygen atoms in total. The van der Waals surface area contributed by atoms with Gasteiger partial charge in [0.1, 0.15) is 5.82 Å². The van der Waals surface area contributed by atoms with Crippen LogP contribution in [0.1, 0.15) is 17.4 Å². The molecular weight excluding hydrogens is 235 g/mol. The van der Waals surface area contributed by atoms with Gasteiger partial charge in [0.15, 0.2) is 0 Å². The summed E-state index contributed by atoms with van der Waals surface area (Å²) in [4.78, 5) is 5.22. The molecule has 1 aromatic carbocycles. The van der Waals surface area contributed by atoms with Crippen molar-refractivity contribution in [3.05, 3.63) is 52.2 Å². The third-order valence-corrected chi connectivity index (χ3v) is 3.37. The lowest BCUT2D eigenvalue weighted by atomic mass is 10.1. The monoisotopic (exact) mass is 250 g/mol. The van der Waals surface area contributed by atoms with Crippen LogP contribution in [0.5, 0.6) is 0 Å². The van der Waals surface area contributed by atoms with Crippen molar-refractivity contribution in [3.8, 4) is 0 Å². The van der Waals surface area contributed by atoms with Crippen molar-refractivity contribution >= 4 is 11.3 Å². The van der Waals surface area contributed by atoms with Crippen molar-refractivity contribution < 1.29 is 4.39 Å². The second kappa shape index (κ2) is 5.89. The van der Waals surface area contributed by atoms with E-state index in [1.165, 1.54) is 10.9 Å². The Hall–Kier alpha value is -1.26. The standard InChI is InChI=1S/C13H15FN2S/c1-10(16-8-12-7-15-9-17-12)6-11-4-2-3-5-13(11)14/h2-5,7,9-10,16H,6,8H2,1H3. The Balaban J connectivity index is 1.85. The summed E-state index contributed by atoms with van der Waals surface area (Å²) >= 11 is 1.63. The number of rotatable bonds is 5. The molecule has 1 unspecified atom stereocenters. The minimum atomic E-state index is -0.126. The fraction of sp³-hybridized carbons (Fsp3) is 0.308. The first-order chi connectivity index (χ1) is 8.25. The molecule has 1 aromatic heterocycles. The van der Waals surface area contributed by atoms with Crippen LogP contribution in [0, 0.1) is 5.82 Å². The highest BCUT2D eigenvalue weighted by Crippen LogP contribution is 2.10. The van der Waals surface area contributed by atoms with Crippen molar-refractivity contribution in [1.29, 1.82) is 0 Å². The van der Waals surface area contributed by atoms with Crippen molar-refractivity contribution in [2.45, 2.75) is 25.9 Å². The maximum atomic E-state index is 13.4. The Bertz CT molecular complexity index is 456. The number of hydrogen-bond acceptors (Lipinski definition) is 3.